The number of rotatable bonds is 5. The Morgan fingerprint density at radius 3 is 2.22 bits per heavy atom. The van der Waals surface area contributed by atoms with Crippen LogP contribution in [-0.4, -0.2) is 28.5 Å². The van der Waals surface area contributed by atoms with E-state index in [1.165, 1.54) is 4.90 Å². The van der Waals surface area contributed by atoms with E-state index in [1.807, 2.05) is 52.0 Å². The van der Waals surface area contributed by atoms with Gasteiger partial charge in [0.2, 0.25) is 11.8 Å². The Morgan fingerprint density at radius 2 is 1.70 bits per heavy atom. The smallest absolute Gasteiger partial charge is 0.234 e. The van der Waals surface area contributed by atoms with E-state index < -0.39 is 0 Å². The molecule has 4 atom stereocenters. The number of nitrogens with zero attached hydrogens (tertiary/aromatic N) is 1. The second-order valence-corrected chi connectivity index (χ2v) is 6.84. The van der Waals surface area contributed by atoms with Gasteiger partial charge in [-0.2, -0.15) is 0 Å². The first-order valence-corrected chi connectivity index (χ1v) is 8.20. The number of imide groups is 1. The molecule has 4 nitrogen and oxygen atoms in total. The first kappa shape index (κ1) is 17.4. The van der Waals surface area contributed by atoms with Gasteiger partial charge in [0.1, 0.15) is 0 Å². The summed E-state index contributed by atoms with van der Waals surface area (Å²) in [7, 11) is 0. The van der Waals surface area contributed by atoms with Crippen LogP contribution in [0.4, 0.5) is 0 Å². The van der Waals surface area contributed by atoms with Crippen molar-refractivity contribution >= 4 is 17.6 Å². The summed E-state index contributed by atoms with van der Waals surface area (Å²) in [6, 6.07) is 7.42. The molecule has 2 rings (SSSR count). The average molecular weight is 315 g/mol. The average Bonchev–Trinajstić information content (AvgIpc) is 2.54. The van der Waals surface area contributed by atoms with Gasteiger partial charge in [-0.1, -0.05) is 50.6 Å². The van der Waals surface area contributed by atoms with Crippen LogP contribution < -0.4 is 0 Å². The summed E-state index contributed by atoms with van der Waals surface area (Å²) in [4.78, 5) is 38.0. The Morgan fingerprint density at radius 1 is 1.13 bits per heavy atom. The van der Waals surface area contributed by atoms with E-state index in [0.717, 1.165) is 5.56 Å². The molecule has 1 aliphatic rings. The van der Waals surface area contributed by atoms with Crippen LogP contribution in [-0.2, 0) is 9.59 Å². The summed E-state index contributed by atoms with van der Waals surface area (Å²) in [5.41, 5.74) is 1.78. The molecule has 1 fully saturated rings. The van der Waals surface area contributed by atoms with Crippen molar-refractivity contribution in [3.63, 3.8) is 0 Å². The number of hydrogen-bond acceptors (Lipinski definition) is 3. The minimum Gasteiger partial charge on any atom is -0.294 e. The number of hydrogen-bond donors (Lipinski definition) is 0. The van der Waals surface area contributed by atoms with E-state index in [-0.39, 0.29) is 41.4 Å². The maximum Gasteiger partial charge on any atom is 0.234 e. The number of carbonyl (C=O) groups excluding carboxylic acids is 3. The molecule has 4 heteroatoms. The second kappa shape index (κ2) is 6.65. The Hall–Kier alpha value is -1.97. The van der Waals surface area contributed by atoms with Gasteiger partial charge >= 0.3 is 0 Å². The largest absolute Gasteiger partial charge is 0.294 e. The van der Waals surface area contributed by atoms with Crippen LogP contribution in [0.5, 0.6) is 0 Å². The van der Waals surface area contributed by atoms with Crippen LogP contribution in [0.15, 0.2) is 24.3 Å². The van der Waals surface area contributed by atoms with Crippen LogP contribution >= 0.6 is 0 Å². The summed E-state index contributed by atoms with van der Waals surface area (Å²) in [6.45, 7) is 9.40. The summed E-state index contributed by atoms with van der Waals surface area (Å²) in [5.74, 6) is -0.768. The van der Waals surface area contributed by atoms with Gasteiger partial charge in [0, 0.05) is 23.9 Å². The van der Waals surface area contributed by atoms with Gasteiger partial charge in [-0.25, -0.2) is 0 Å². The Kier molecular flexibility index (Phi) is 5.03. The topological polar surface area (TPSA) is 54.5 Å². The third-order valence-electron chi connectivity index (χ3n) is 5.12. The lowest BCUT2D eigenvalue weighted by Crippen LogP contribution is -2.62. The summed E-state index contributed by atoms with van der Waals surface area (Å²) in [5, 5.41) is 0. The first-order valence-electron chi connectivity index (χ1n) is 8.20. The molecule has 0 aromatic heterocycles. The van der Waals surface area contributed by atoms with E-state index in [9.17, 15) is 14.4 Å². The van der Waals surface area contributed by atoms with Gasteiger partial charge in [-0.3, -0.25) is 19.3 Å². The van der Waals surface area contributed by atoms with E-state index in [2.05, 4.69) is 0 Å². The number of benzene rings is 1. The van der Waals surface area contributed by atoms with Crippen LogP contribution in [0.2, 0.25) is 0 Å². The van der Waals surface area contributed by atoms with Crippen LogP contribution in [0, 0.1) is 24.7 Å². The molecule has 1 saturated heterocycles. The molecular formula is C19H25NO3. The number of carbonyl (C=O) groups is 3. The minimum absolute atomic E-state index is 0.0357. The van der Waals surface area contributed by atoms with Crippen molar-refractivity contribution in [1.29, 1.82) is 0 Å². The number of ketones is 1. The highest BCUT2D eigenvalue weighted by Crippen LogP contribution is 2.30. The molecule has 0 N–H and O–H groups in total. The van der Waals surface area contributed by atoms with E-state index in [1.54, 1.807) is 6.92 Å². The van der Waals surface area contributed by atoms with Crippen molar-refractivity contribution in [2.24, 2.45) is 17.8 Å². The summed E-state index contributed by atoms with van der Waals surface area (Å²) < 4.78 is 0. The lowest BCUT2D eigenvalue weighted by atomic mass is 9.84. The normalized spacial score (nSPS) is 23.2. The predicted molar refractivity (Wildman–Crippen MR) is 88.9 cm³/mol. The molecule has 2 amide bonds. The van der Waals surface area contributed by atoms with Gasteiger partial charge in [0.15, 0.2) is 5.78 Å². The standard InChI is InChI=1S/C19H25NO3/c1-11-6-8-16(9-7-11)17(21)10-12(2)13(3)18(22)20-15(5)14(4)19(20)23/h6-9,12-15H,10H2,1-5H3/t12-,13-,14-,15+/m0/s1. The molecule has 124 valence electrons. The molecule has 1 aromatic carbocycles. The fourth-order valence-corrected chi connectivity index (χ4v) is 2.87. The monoisotopic (exact) mass is 315 g/mol. The van der Waals surface area contributed by atoms with Gasteiger partial charge in [0.25, 0.3) is 0 Å². The molecule has 1 aromatic rings. The molecule has 23 heavy (non-hydrogen) atoms. The van der Waals surface area contributed by atoms with Gasteiger partial charge < -0.3 is 0 Å². The van der Waals surface area contributed by atoms with Gasteiger partial charge in [0.05, 0.1) is 5.92 Å². The van der Waals surface area contributed by atoms with E-state index in [0.29, 0.717) is 12.0 Å². The molecule has 1 heterocycles. The predicted octanol–water partition coefficient (Wildman–Crippen LogP) is 3.23. The highest BCUT2D eigenvalue weighted by atomic mass is 16.2. The number of likely N-dealkylation sites (tertiary alicyclic amines) is 1. The van der Waals surface area contributed by atoms with Crippen LogP contribution in [0.25, 0.3) is 0 Å². The molecule has 1 aliphatic heterocycles. The third-order valence-corrected chi connectivity index (χ3v) is 5.12. The third kappa shape index (κ3) is 3.36. The number of β-lactam (4-membered cyclic amide) rings is 1. The van der Waals surface area contributed by atoms with Crippen molar-refractivity contribution in [3.8, 4) is 0 Å². The van der Waals surface area contributed by atoms with E-state index >= 15 is 0 Å². The number of Topliss-reactive ketones (excluding diaryl/α,β-unsaturated/α-hetero) is 1. The fourth-order valence-electron chi connectivity index (χ4n) is 2.87. The lowest BCUT2D eigenvalue weighted by molar-refractivity contribution is -0.166. The SMILES string of the molecule is Cc1ccc(C(=O)C[C@H](C)[C@H](C)C(=O)N2C(=O)[C@@H](C)[C@H]2C)cc1. The molecule has 0 unspecified atom stereocenters. The Labute approximate surface area is 137 Å². The molecule has 0 bridgehead atoms. The molecule has 0 aliphatic carbocycles. The van der Waals surface area contributed by atoms with Gasteiger partial charge in [-0.15, -0.1) is 0 Å². The zero-order chi connectivity index (χ0) is 17.3. The maximum atomic E-state index is 12.5. The van der Waals surface area contributed by atoms with Crippen molar-refractivity contribution in [3.05, 3.63) is 35.4 Å². The Balaban J connectivity index is 1.98. The summed E-state index contributed by atoms with van der Waals surface area (Å²) in [6.07, 6.45) is 0.307. The number of amides is 2. The van der Waals surface area contributed by atoms with Crippen molar-refractivity contribution in [2.75, 3.05) is 0 Å². The highest BCUT2D eigenvalue weighted by molar-refractivity contribution is 6.03. The molecule has 0 spiro atoms. The zero-order valence-corrected chi connectivity index (χ0v) is 14.5. The minimum atomic E-state index is -0.344. The van der Waals surface area contributed by atoms with Crippen LogP contribution in [0.1, 0.15) is 50.0 Å². The molecular weight excluding hydrogens is 290 g/mol. The van der Waals surface area contributed by atoms with Gasteiger partial charge in [-0.05, 0) is 19.8 Å². The van der Waals surface area contributed by atoms with Crippen LogP contribution in [0.3, 0.4) is 0 Å². The maximum absolute atomic E-state index is 12.5. The van der Waals surface area contributed by atoms with Crippen molar-refractivity contribution in [2.45, 2.75) is 47.1 Å². The van der Waals surface area contributed by atoms with E-state index in [4.69, 9.17) is 0 Å². The zero-order valence-electron chi connectivity index (χ0n) is 14.5. The van der Waals surface area contributed by atoms with Crippen molar-refractivity contribution < 1.29 is 14.4 Å². The quantitative estimate of drug-likeness (QED) is 0.619. The molecule has 0 saturated carbocycles. The summed E-state index contributed by atoms with van der Waals surface area (Å²) >= 11 is 0. The second-order valence-electron chi connectivity index (χ2n) is 6.84. The number of aryl methyl sites for hydroxylation is 1. The highest BCUT2D eigenvalue weighted by Gasteiger charge is 2.46. The Bertz CT molecular complexity index is 620. The lowest BCUT2D eigenvalue weighted by Gasteiger charge is -2.43. The first-order chi connectivity index (χ1) is 10.7. The fraction of sp³-hybridized carbons (Fsp3) is 0.526. The van der Waals surface area contributed by atoms with Crippen molar-refractivity contribution in [1.82, 2.24) is 4.90 Å². The molecule has 0 radical (unpaired) electrons.